The fourth-order valence-corrected chi connectivity index (χ4v) is 4.06. The monoisotopic (exact) mass is 417 g/mol. The number of aliphatic imine (C=N–C) groups is 1. The van der Waals surface area contributed by atoms with E-state index in [0.717, 1.165) is 44.7 Å². The number of ether oxygens (including phenoxy) is 1. The van der Waals surface area contributed by atoms with E-state index < -0.39 is 0 Å². The molecule has 0 amide bonds. The van der Waals surface area contributed by atoms with Gasteiger partial charge >= 0.3 is 0 Å². The molecule has 0 spiro atoms. The molecule has 1 saturated carbocycles. The molecule has 2 heterocycles. The van der Waals surface area contributed by atoms with Crippen LogP contribution in [0, 0.1) is 10.0 Å². The van der Waals surface area contributed by atoms with Gasteiger partial charge in [0.05, 0.1) is 17.3 Å². The fourth-order valence-electron chi connectivity index (χ4n) is 3.71. The van der Waals surface area contributed by atoms with Crippen molar-refractivity contribution in [2.24, 2.45) is 10.7 Å². The van der Waals surface area contributed by atoms with Crippen LogP contribution in [0.15, 0.2) is 16.9 Å². The molecule has 2 fully saturated rings. The molecule has 0 atom stereocenters. The molecular weight excluding hydrogens is 386 g/mol. The Kier molecular flexibility index (Phi) is 7.76. The first-order chi connectivity index (χ1) is 14.1. The largest absolute Gasteiger partial charge is 0.403 e. The van der Waals surface area contributed by atoms with Crippen molar-refractivity contribution >= 4 is 35.9 Å². The van der Waals surface area contributed by atoms with Crippen molar-refractivity contribution in [3.05, 3.63) is 22.1 Å². The number of nitrogens with one attached hydrogen (secondary N) is 4. The van der Waals surface area contributed by atoms with Crippen molar-refractivity contribution < 1.29 is 4.74 Å². The second-order valence-electron chi connectivity index (χ2n) is 7.61. The average Bonchev–Trinajstić information content (AvgIpc) is 2.72. The first-order valence-corrected chi connectivity index (χ1v) is 10.7. The lowest BCUT2D eigenvalue weighted by Crippen LogP contribution is -2.25. The normalized spacial score (nSPS) is 19.4. The van der Waals surface area contributed by atoms with Gasteiger partial charge in [-0.3, -0.25) is 4.99 Å². The van der Waals surface area contributed by atoms with Crippen LogP contribution < -0.4 is 16.4 Å². The van der Waals surface area contributed by atoms with E-state index >= 15 is 0 Å². The predicted molar refractivity (Wildman–Crippen MR) is 121 cm³/mol. The van der Waals surface area contributed by atoms with Crippen molar-refractivity contribution in [3.8, 4) is 0 Å². The Balaban J connectivity index is 1.77. The summed E-state index contributed by atoms with van der Waals surface area (Å²) in [6.07, 6.45) is 11.0. The number of aromatic nitrogens is 2. The maximum absolute atomic E-state index is 8.11. The first-order valence-electron chi connectivity index (χ1n) is 10.3. The van der Waals surface area contributed by atoms with Crippen LogP contribution in [-0.2, 0) is 4.74 Å². The van der Waals surface area contributed by atoms with Crippen LogP contribution in [0.3, 0.4) is 0 Å². The zero-order valence-electron chi connectivity index (χ0n) is 17.0. The lowest BCUT2D eigenvalue weighted by molar-refractivity contribution is 0.0872. The highest BCUT2D eigenvalue weighted by Crippen LogP contribution is 2.24. The minimum absolute atomic E-state index is 0.249. The first kappa shape index (κ1) is 21.4. The molecular formula is C20H31N7OS. The third kappa shape index (κ3) is 6.11. The highest BCUT2D eigenvalue weighted by molar-refractivity contribution is 7.71. The van der Waals surface area contributed by atoms with Crippen LogP contribution in [0.4, 0.5) is 11.8 Å². The molecule has 3 rings (SSSR count). The quantitative estimate of drug-likeness (QED) is 0.340. The van der Waals surface area contributed by atoms with E-state index in [9.17, 15) is 0 Å². The summed E-state index contributed by atoms with van der Waals surface area (Å²) in [6.45, 7) is 3.21. The topological polar surface area (TPSA) is 124 Å². The lowest BCUT2D eigenvalue weighted by Gasteiger charge is -2.25. The van der Waals surface area contributed by atoms with E-state index in [1.54, 1.807) is 13.1 Å². The van der Waals surface area contributed by atoms with E-state index in [2.05, 4.69) is 25.6 Å². The third-order valence-corrected chi connectivity index (χ3v) is 5.60. The molecule has 1 aromatic heterocycles. The van der Waals surface area contributed by atoms with Crippen molar-refractivity contribution in [3.63, 3.8) is 0 Å². The van der Waals surface area contributed by atoms with Gasteiger partial charge in [0.25, 0.3) is 0 Å². The summed E-state index contributed by atoms with van der Waals surface area (Å²) in [5.41, 5.74) is 7.45. The molecule has 2 aliphatic rings. The van der Waals surface area contributed by atoms with Gasteiger partial charge in [-0.2, -0.15) is 0 Å². The highest BCUT2D eigenvalue weighted by Gasteiger charge is 2.18. The molecule has 1 aliphatic carbocycles. The molecule has 29 heavy (non-hydrogen) atoms. The van der Waals surface area contributed by atoms with Gasteiger partial charge in [0, 0.05) is 37.4 Å². The van der Waals surface area contributed by atoms with Crippen molar-refractivity contribution in [2.75, 3.05) is 23.8 Å². The molecule has 158 valence electrons. The minimum Gasteiger partial charge on any atom is -0.403 e. The number of nitrogens with zero attached hydrogens (tertiary/aromatic N) is 2. The van der Waals surface area contributed by atoms with Crippen LogP contribution in [0.1, 0.15) is 57.4 Å². The van der Waals surface area contributed by atoms with Crippen molar-refractivity contribution in [1.82, 2.24) is 9.97 Å². The average molecular weight is 418 g/mol. The fraction of sp³-hybridized carbons (Fsp3) is 0.600. The number of nitrogens with two attached hydrogens (primary N) is 1. The Morgan fingerprint density at radius 1 is 1.28 bits per heavy atom. The van der Waals surface area contributed by atoms with Gasteiger partial charge in [0.2, 0.25) is 5.95 Å². The summed E-state index contributed by atoms with van der Waals surface area (Å²) < 4.78 is 5.75. The number of allylic oxidation sites excluding steroid dienone is 1. The van der Waals surface area contributed by atoms with Crippen LogP contribution >= 0.6 is 12.2 Å². The standard InChI is InChI=1S/C20H31N7OS/c1-13(22)17-18(24-15-5-3-2-4-6-15)26-20(27-19(17)29)25-16(11-21)12-23-14-7-9-28-10-8-14/h11-12,14-15,22H,2-10,21H2,1H3,(H3,24,25,26,27,29). The Bertz CT molecular complexity index is 821. The van der Waals surface area contributed by atoms with Crippen molar-refractivity contribution in [2.45, 2.75) is 64.0 Å². The van der Waals surface area contributed by atoms with E-state index in [-0.39, 0.29) is 6.04 Å². The van der Waals surface area contributed by atoms with E-state index in [0.29, 0.717) is 33.6 Å². The van der Waals surface area contributed by atoms with Gasteiger partial charge in [0.1, 0.15) is 10.5 Å². The van der Waals surface area contributed by atoms with Gasteiger partial charge < -0.3 is 31.5 Å². The summed E-state index contributed by atoms with van der Waals surface area (Å²) in [7, 11) is 0. The smallest absolute Gasteiger partial charge is 0.207 e. The minimum atomic E-state index is 0.249. The third-order valence-electron chi connectivity index (χ3n) is 5.31. The molecule has 0 bridgehead atoms. The molecule has 0 aromatic carbocycles. The van der Waals surface area contributed by atoms with Gasteiger partial charge in [0.15, 0.2) is 0 Å². The summed E-state index contributed by atoms with van der Waals surface area (Å²) in [5.74, 6) is 1.22. The van der Waals surface area contributed by atoms with Crippen molar-refractivity contribution in [1.29, 1.82) is 5.41 Å². The highest BCUT2D eigenvalue weighted by atomic mass is 32.1. The molecule has 0 unspecified atom stereocenters. The second kappa shape index (κ2) is 10.5. The molecule has 1 saturated heterocycles. The molecule has 1 aliphatic heterocycles. The van der Waals surface area contributed by atoms with Crippen LogP contribution in [-0.4, -0.2) is 47.2 Å². The Morgan fingerprint density at radius 2 is 2.00 bits per heavy atom. The summed E-state index contributed by atoms with van der Waals surface area (Å²) in [4.78, 5) is 12.3. The van der Waals surface area contributed by atoms with Crippen LogP contribution in [0.5, 0.6) is 0 Å². The maximum atomic E-state index is 8.11. The van der Waals surface area contributed by atoms with E-state index in [1.165, 1.54) is 25.5 Å². The number of H-pyrrole nitrogens is 1. The molecule has 9 heteroatoms. The number of hydrogen-bond acceptors (Lipinski definition) is 8. The number of aromatic amines is 1. The van der Waals surface area contributed by atoms with Gasteiger partial charge in [-0.05, 0) is 32.6 Å². The zero-order valence-corrected chi connectivity index (χ0v) is 17.8. The van der Waals surface area contributed by atoms with E-state index in [4.69, 9.17) is 28.1 Å². The van der Waals surface area contributed by atoms with Gasteiger partial charge in [-0.1, -0.05) is 31.5 Å². The van der Waals surface area contributed by atoms with Crippen LogP contribution in [0.25, 0.3) is 0 Å². The summed E-state index contributed by atoms with van der Waals surface area (Å²) in [6, 6.07) is 0.626. The van der Waals surface area contributed by atoms with Gasteiger partial charge in [-0.15, -0.1) is 0 Å². The lowest BCUT2D eigenvalue weighted by atomic mass is 9.95. The molecule has 6 N–H and O–H groups in total. The molecule has 8 nitrogen and oxygen atoms in total. The Labute approximate surface area is 177 Å². The predicted octanol–water partition coefficient (Wildman–Crippen LogP) is 3.73. The zero-order chi connectivity index (χ0) is 20.6. The maximum Gasteiger partial charge on any atom is 0.207 e. The molecule has 1 aromatic rings. The number of rotatable bonds is 7. The Hall–Kier alpha value is -2.26. The van der Waals surface area contributed by atoms with Gasteiger partial charge in [-0.25, -0.2) is 4.98 Å². The number of anilines is 2. The summed E-state index contributed by atoms with van der Waals surface area (Å²) in [5, 5.41) is 14.8. The number of hydrogen-bond donors (Lipinski definition) is 5. The second-order valence-corrected chi connectivity index (χ2v) is 8.00. The van der Waals surface area contributed by atoms with Crippen LogP contribution in [0.2, 0.25) is 0 Å². The molecule has 0 radical (unpaired) electrons. The summed E-state index contributed by atoms with van der Waals surface area (Å²) >= 11 is 5.48. The SMILES string of the molecule is CC(=N)c1c(NC2CCCCC2)[nH]c(NC(C=NC2CCOCC2)=CN)nc1=S. The Morgan fingerprint density at radius 3 is 2.66 bits per heavy atom. The van der Waals surface area contributed by atoms with E-state index in [1.807, 2.05) is 0 Å².